The molecule has 4 rings (SSSR count). The molecule has 1 aromatic heterocycles. The van der Waals surface area contributed by atoms with Crippen molar-refractivity contribution in [1.82, 2.24) is 15.1 Å². The molecule has 3 aromatic rings. The molecule has 0 fully saturated rings. The number of aromatic nitrogens is 2. The summed E-state index contributed by atoms with van der Waals surface area (Å²) in [6.45, 7) is 0.739. The Bertz CT molecular complexity index is 1060. The number of nitrogens with one attached hydrogen (secondary N) is 1. The number of methoxy groups -OCH3 is 1. The van der Waals surface area contributed by atoms with Crippen molar-refractivity contribution in [2.75, 3.05) is 20.3 Å². The Kier molecular flexibility index (Phi) is 5.04. The molecule has 1 N–H and O–H groups in total. The van der Waals surface area contributed by atoms with Crippen LogP contribution < -0.4 is 0 Å². The minimum atomic E-state index is -0.450. The van der Waals surface area contributed by atoms with Crippen LogP contribution in [0.5, 0.6) is 0 Å². The van der Waals surface area contributed by atoms with Crippen molar-refractivity contribution < 1.29 is 14.5 Å². The summed E-state index contributed by atoms with van der Waals surface area (Å²) in [5.41, 5.74) is 3.37. The van der Waals surface area contributed by atoms with Crippen LogP contribution in [-0.4, -0.2) is 46.2 Å². The van der Waals surface area contributed by atoms with Crippen LogP contribution in [0.25, 0.3) is 11.3 Å². The smallest absolute Gasteiger partial charge is 0.273 e. The van der Waals surface area contributed by atoms with Gasteiger partial charge in [-0.25, -0.2) is 0 Å². The molecule has 1 aliphatic rings. The van der Waals surface area contributed by atoms with Gasteiger partial charge < -0.3 is 9.64 Å². The standard InChI is InChI=1S/C20H17ClN4O4/c1-29-11-10-24-19(13-4-8-15(9-5-13)25(27)28)16-17(22-23-18(16)20(24)26)12-2-6-14(21)7-3-12/h2-9,19H,10-11H2,1H3,(H,22,23). The highest BCUT2D eigenvalue weighted by Gasteiger charge is 2.42. The van der Waals surface area contributed by atoms with E-state index in [0.717, 1.165) is 16.7 Å². The van der Waals surface area contributed by atoms with Crippen LogP contribution in [0.4, 0.5) is 5.69 Å². The predicted octanol–water partition coefficient (Wildman–Crippen LogP) is 3.83. The largest absolute Gasteiger partial charge is 0.383 e. The van der Waals surface area contributed by atoms with E-state index in [1.807, 2.05) is 12.1 Å². The quantitative estimate of drug-likeness (QED) is 0.489. The molecule has 0 bridgehead atoms. The number of hydrogen-bond acceptors (Lipinski definition) is 5. The van der Waals surface area contributed by atoms with Crippen LogP contribution in [0.2, 0.25) is 5.02 Å². The fraction of sp³-hybridized carbons (Fsp3) is 0.200. The number of non-ortho nitro benzene ring substituents is 1. The van der Waals surface area contributed by atoms with Crippen LogP contribution in [-0.2, 0) is 4.74 Å². The van der Waals surface area contributed by atoms with E-state index in [0.29, 0.717) is 29.6 Å². The maximum atomic E-state index is 13.0. The van der Waals surface area contributed by atoms with Crippen LogP contribution in [0, 0.1) is 10.1 Å². The Morgan fingerprint density at radius 1 is 1.21 bits per heavy atom. The molecule has 0 spiro atoms. The van der Waals surface area contributed by atoms with Crippen molar-refractivity contribution in [3.05, 3.63) is 80.5 Å². The molecule has 0 aliphatic carbocycles. The van der Waals surface area contributed by atoms with E-state index in [2.05, 4.69) is 10.2 Å². The van der Waals surface area contributed by atoms with E-state index in [1.54, 1.807) is 36.3 Å². The van der Waals surface area contributed by atoms with Gasteiger partial charge in [-0.3, -0.25) is 20.0 Å². The maximum absolute atomic E-state index is 13.0. The number of amides is 1. The molecule has 0 saturated carbocycles. The van der Waals surface area contributed by atoms with E-state index in [9.17, 15) is 14.9 Å². The maximum Gasteiger partial charge on any atom is 0.273 e. The number of nitro benzene ring substituents is 1. The van der Waals surface area contributed by atoms with Gasteiger partial charge in [-0.1, -0.05) is 23.7 Å². The molecule has 1 atom stereocenters. The van der Waals surface area contributed by atoms with Gasteiger partial charge in [-0.15, -0.1) is 0 Å². The second-order valence-corrected chi connectivity index (χ2v) is 7.05. The number of halogens is 1. The number of carbonyl (C=O) groups is 1. The minimum Gasteiger partial charge on any atom is -0.383 e. The van der Waals surface area contributed by atoms with E-state index < -0.39 is 11.0 Å². The molecule has 148 valence electrons. The van der Waals surface area contributed by atoms with Crippen LogP contribution in [0.3, 0.4) is 0 Å². The molecular weight excluding hydrogens is 396 g/mol. The average molecular weight is 413 g/mol. The van der Waals surface area contributed by atoms with Crippen molar-refractivity contribution in [2.45, 2.75) is 6.04 Å². The third-order valence-corrected chi connectivity index (χ3v) is 5.19. The monoisotopic (exact) mass is 412 g/mol. The lowest BCUT2D eigenvalue weighted by Crippen LogP contribution is -2.32. The van der Waals surface area contributed by atoms with E-state index >= 15 is 0 Å². The minimum absolute atomic E-state index is 0.00754. The average Bonchev–Trinajstić information content (AvgIpc) is 3.26. The normalized spacial score (nSPS) is 15.6. The second kappa shape index (κ2) is 7.65. The van der Waals surface area contributed by atoms with Crippen LogP contribution >= 0.6 is 11.6 Å². The SMILES string of the molecule is COCCN1C(=O)c2[nH]nc(-c3ccc(Cl)cc3)c2C1c1ccc([N+](=O)[O-])cc1. The summed E-state index contributed by atoms with van der Waals surface area (Å²) in [4.78, 5) is 25.3. The lowest BCUT2D eigenvalue weighted by molar-refractivity contribution is -0.384. The van der Waals surface area contributed by atoms with Crippen molar-refractivity contribution in [3.8, 4) is 11.3 Å². The van der Waals surface area contributed by atoms with Crippen molar-refractivity contribution in [3.63, 3.8) is 0 Å². The van der Waals surface area contributed by atoms with Gasteiger partial charge in [-0.05, 0) is 29.8 Å². The third-order valence-electron chi connectivity index (χ3n) is 4.94. The second-order valence-electron chi connectivity index (χ2n) is 6.61. The van der Waals surface area contributed by atoms with Crippen molar-refractivity contribution in [2.24, 2.45) is 0 Å². The molecule has 0 radical (unpaired) electrons. The van der Waals surface area contributed by atoms with Gasteiger partial charge >= 0.3 is 0 Å². The Labute approximate surface area is 171 Å². The number of H-pyrrole nitrogens is 1. The third kappa shape index (κ3) is 3.37. The number of aromatic amines is 1. The number of hydrogen-bond donors (Lipinski definition) is 1. The number of rotatable bonds is 6. The number of ether oxygens (including phenoxy) is 1. The first-order chi connectivity index (χ1) is 14.0. The van der Waals surface area contributed by atoms with E-state index in [1.165, 1.54) is 12.1 Å². The molecule has 0 saturated heterocycles. The Morgan fingerprint density at radius 2 is 1.90 bits per heavy atom. The number of nitro groups is 1. The summed E-state index contributed by atoms with van der Waals surface area (Å²) in [6, 6.07) is 13.0. The number of nitrogens with zero attached hydrogens (tertiary/aromatic N) is 3. The first kappa shape index (κ1) is 19.1. The van der Waals surface area contributed by atoms with Crippen LogP contribution in [0.15, 0.2) is 48.5 Å². The number of benzene rings is 2. The fourth-order valence-electron chi connectivity index (χ4n) is 3.57. The summed E-state index contributed by atoms with van der Waals surface area (Å²) in [5, 5.41) is 18.8. The highest BCUT2D eigenvalue weighted by Crippen LogP contribution is 2.42. The summed E-state index contributed by atoms with van der Waals surface area (Å²) >= 11 is 6.00. The number of carbonyl (C=O) groups excluding carboxylic acids is 1. The molecular formula is C20H17ClN4O4. The Morgan fingerprint density at radius 3 is 2.52 bits per heavy atom. The summed E-state index contributed by atoms with van der Waals surface area (Å²) < 4.78 is 5.17. The summed E-state index contributed by atoms with van der Waals surface area (Å²) in [5.74, 6) is -0.187. The lowest BCUT2D eigenvalue weighted by atomic mass is 9.96. The zero-order valence-electron chi connectivity index (χ0n) is 15.5. The van der Waals surface area contributed by atoms with Gasteiger partial charge in [0.25, 0.3) is 11.6 Å². The van der Waals surface area contributed by atoms with Gasteiger partial charge in [0.15, 0.2) is 0 Å². The molecule has 1 aliphatic heterocycles. The summed E-state index contributed by atoms with van der Waals surface area (Å²) in [7, 11) is 1.57. The van der Waals surface area contributed by atoms with Crippen molar-refractivity contribution >= 4 is 23.2 Å². The molecule has 2 heterocycles. The first-order valence-corrected chi connectivity index (χ1v) is 9.27. The summed E-state index contributed by atoms with van der Waals surface area (Å²) in [6.07, 6.45) is 0. The van der Waals surface area contributed by atoms with Gasteiger partial charge in [0.2, 0.25) is 0 Å². The van der Waals surface area contributed by atoms with E-state index in [-0.39, 0.29) is 11.6 Å². The van der Waals surface area contributed by atoms with E-state index in [4.69, 9.17) is 16.3 Å². The van der Waals surface area contributed by atoms with Gasteiger partial charge in [0.05, 0.1) is 23.3 Å². The molecule has 9 heteroatoms. The topological polar surface area (TPSA) is 101 Å². The Balaban J connectivity index is 1.83. The first-order valence-electron chi connectivity index (χ1n) is 8.89. The number of fused-ring (bicyclic) bond motifs is 1. The van der Waals surface area contributed by atoms with Gasteiger partial charge in [-0.2, -0.15) is 5.10 Å². The molecule has 1 amide bonds. The molecule has 2 aromatic carbocycles. The van der Waals surface area contributed by atoms with Crippen LogP contribution in [0.1, 0.15) is 27.7 Å². The predicted molar refractivity (Wildman–Crippen MR) is 107 cm³/mol. The highest BCUT2D eigenvalue weighted by molar-refractivity contribution is 6.30. The Hall–Kier alpha value is -3.23. The highest BCUT2D eigenvalue weighted by atomic mass is 35.5. The van der Waals surface area contributed by atoms with Gasteiger partial charge in [0, 0.05) is 41.9 Å². The zero-order chi connectivity index (χ0) is 20.5. The lowest BCUT2D eigenvalue weighted by Gasteiger charge is -2.26. The molecule has 8 nitrogen and oxygen atoms in total. The molecule has 1 unspecified atom stereocenters. The molecule has 29 heavy (non-hydrogen) atoms. The van der Waals surface area contributed by atoms with Crippen molar-refractivity contribution in [1.29, 1.82) is 0 Å². The zero-order valence-corrected chi connectivity index (χ0v) is 16.2. The fourth-order valence-corrected chi connectivity index (χ4v) is 3.70. The van der Waals surface area contributed by atoms with Gasteiger partial charge in [0.1, 0.15) is 5.69 Å².